The lowest BCUT2D eigenvalue weighted by Gasteiger charge is -2.17. The molecule has 1 heterocycles. The molecular weight excluding hydrogens is 224 g/mol. The lowest BCUT2D eigenvalue weighted by atomic mass is 10.2. The van der Waals surface area contributed by atoms with Crippen LogP contribution in [0.5, 0.6) is 0 Å². The first-order valence-corrected chi connectivity index (χ1v) is 5.83. The highest BCUT2D eigenvalue weighted by molar-refractivity contribution is 5.76. The molecule has 0 aliphatic carbocycles. The molecule has 2 atom stereocenters. The van der Waals surface area contributed by atoms with E-state index in [1.807, 2.05) is 0 Å². The Morgan fingerprint density at radius 2 is 2.29 bits per heavy atom. The number of ether oxygens (including phenoxy) is 1. The van der Waals surface area contributed by atoms with Crippen LogP contribution >= 0.6 is 0 Å². The fourth-order valence-corrected chi connectivity index (χ4v) is 1.82. The van der Waals surface area contributed by atoms with Crippen molar-refractivity contribution in [3.8, 4) is 0 Å². The van der Waals surface area contributed by atoms with Gasteiger partial charge in [-0.05, 0) is 19.8 Å². The van der Waals surface area contributed by atoms with Gasteiger partial charge in [-0.1, -0.05) is 0 Å². The zero-order valence-electron chi connectivity index (χ0n) is 10.3. The second-order valence-corrected chi connectivity index (χ2v) is 4.35. The van der Waals surface area contributed by atoms with Gasteiger partial charge < -0.3 is 20.1 Å². The highest BCUT2D eigenvalue weighted by Gasteiger charge is 2.27. The van der Waals surface area contributed by atoms with Gasteiger partial charge in [0, 0.05) is 19.5 Å². The number of nitrogens with zero attached hydrogens (tertiary/aromatic N) is 1. The van der Waals surface area contributed by atoms with Crippen molar-refractivity contribution in [2.24, 2.45) is 0 Å². The standard InChI is InChI=1S/C11H20N2O4/c1-8(14)3-4-10(15)13-6-5-9(7-13)12-11(16)17-2/h8-9,14H,3-7H2,1-2H3,(H,12,16). The summed E-state index contributed by atoms with van der Waals surface area (Å²) in [6.07, 6.45) is 0.654. The lowest BCUT2D eigenvalue weighted by Crippen LogP contribution is -2.38. The Morgan fingerprint density at radius 3 is 2.88 bits per heavy atom. The first kappa shape index (κ1) is 13.8. The monoisotopic (exact) mass is 244 g/mol. The van der Waals surface area contributed by atoms with Gasteiger partial charge in [0.15, 0.2) is 0 Å². The van der Waals surface area contributed by atoms with Crippen molar-refractivity contribution in [2.75, 3.05) is 20.2 Å². The van der Waals surface area contributed by atoms with Gasteiger partial charge in [0.05, 0.1) is 19.3 Å². The number of rotatable bonds is 4. The van der Waals surface area contributed by atoms with Crippen LogP contribution in [-0.2, 0) is 9.53 Å². The number of carbonyl (C=O) groups is 2. The molecule has 1 aliphatic rings. The number of hydrogen-bond donors (Lipinski definition) is 2. The number of amides is 2. The SMILES string of the molecule is COC(=O)NC1CCN(C(=O)CCC(C)O)C1. The normalized spacial score (nSPS) is 21.1. The Balaban J connectivity index is 2.29. The predicted octanol–water partition coefficient (Wildman–Crippen LogP) is 0.104. The van der Waals surface area contributed by atoms with Crippen LogP contribution in [0, 0.1) is 0 Å². The lowest BCUT2D eigenvalue weighted by molar-refractivity contribution is -0.130. The number of carbonyl (C=O) groups excluding carboxylic acids is 2. The summed E-state index contributed by atoms with van der Waals surface area (Å²) in [7, 11) is 1.32. The summed E-state index contributed by atoms with van der Waals surface area (Å²) < 4.78 is 4.50. The van der Waals surface area contributed by atoms with E-state index in [0.717, 1.165) is 6.42 Å². The van der Waals surface area contributed by atoms with Crippen LogP contribution in [0.3, 0.4) is 0 Å². The van der Waals surface area contributed by atoms with Crippen molar-refractivity contribution < 1.29 is 19.4 Å². The Kier molecular flexibility index (Phi) is 5.21. The van der Waals surface area contributed by atoms with Gasteiger partial charge in [0.1, 0.15) is 0 Å². The Bertz CT molecular complexity index is 281. The van der Waals surface area contributed by atoms with Gasteiger partial charge in [-0.2, -0.15) is 0 Å². The largest absolute Gasteiger partial charge is 0.453 e. The molecule has 98 valence electrons. The minimum Gasteiger partial charge on any atom is -0.453 e. The highest BCUT2D eigenvalue weighted by Crippen LogP contribution is 2.12. The molecule has 1 fully saturated rings. The number of nitrogens with one attached hydrogen (secondary N) is 1. The number of aliphatic hydroxyl groups is 1. The molecule has 2 amide bonds. The number of likely N-dealkylation sites (tertiary alicyclic amines) is 1. The molecule has 0 aromatic rings. The first-order chi connectivity index (χ1) is 8.02. The molecule has 2 N–H and O–H groups in total. The van der Waals surface area contributed by atoms with Crippen molar-refractivity contribution in [1.82, 2.24) is 10.2 Å². The van der Waals surface area contributed by atoms with E-state index in [-0.39, 0.29) is 11.9 Å². The zero-order valence-corrected chi connectivity index (χ0v) is 10.3. The maximum Gasteiger partial charge on any atom is 0.407 e. The molecular formula is C11H20N2O4. The van der Waals surface area contributed by atoms with Gasteiger partial charge in [-0.15, -0.1) is 0 Å². The summed E-state index contributed by atoms with van der Waals surface area (Å²) in [5.74, 6) is 0.0278. The van der Waals surface area contributed by atoms with E-state index in [1.165, 1.54) is 7.11 Å². The quantitative estimate of drug-likeness (QED) is 0.735. The average molecular weight is 244 g/mol. The van der Waals surface area contributed by atoms with Crippen molar-refractivity contribution in [2.45, 2.75) is 38.3 Å². The van der Waals surface area contributed by atoms with E-state index in [1.54, 1.807) is 11.8 Å². The van der Waals surface area contributed by atoms with E-state index in [4.69, 9.17) is 5.11 Å². The van der Waals surface area contributed by atoms with Crippen molar-refractivity contribution in [3.63, 3.8) is 0 Å². The average Bonchev–Trinajstić information content (AvgIpc) is 2.74. The maximum absolute atomic E-state index is 11.7. The number of alkyl carbamates (subject to hydrolysis) is 1. The van der Waals surface area contributed by atoms with Crippen molar-refractivity contribution >= 4 is 12.0 Å². The molecule has 1 saturated heterocycles. The molecule has 0 radical (unpaired) electrons. The van der Waals surface area contributed by atoms with Gasteiger partial charge >= 0.3 is 6.09 Å². The Morgan fingerprint density at radius 1 is 1.59 bits per heavy atom. The van der Waals surface area contributed by atoms with E-state index < -0.39 is 12.2 Å². The van der Waals surface area contributed by atoms with Crippen LogP contribution in [0.15, 0.2) is 0 Å². The van der Waals surface area contributed by atoms with Gasteiger partial charge in [-0.3, -0.25) is 4.79 Å². The second kappa shape index (κ2) is 6.44. The summed E-state index contributed by atoms with van der Waals surface area (Å²) in [5.41, 5.74) is 0. The molecule has 0 aromatic carbocycles. The minimum absolute atomic E-state index is 0.0278. The topological polar surface area (TPSA) is 78.9 Å². The third-order valence-corrected chi connectivity index (χ3v) is 2.82. The number of hydrogen-bond acceptors (Lipinski definition) is 4. The van der Waals surface area contributed by atoms with Crippen LogP contribution < -0.4 is 5.32 Å². The van der Waals surface area contributed by atoms with Crippen LogP contribution in [0.1, 0.15) is 26.2 Å². The third-order valence-electron chi connectivity index (χ3n) is 2.82. The molecule has 0 saturated carbocycles. The van der Waals surface area contributed by atoms with E-state index >= 15 is 0 Å². The number of methoxy groups -OCH3 is 1. The predicted molar refractivity (Wildman–Crippen MR) is 61.4 cm³/mol. The molecule has 17 heavy (non-hydrogen) atoms. The Hall–Kier alpha value is -1.30. The summed E-state index contributed by atoms with van der Waals surface area (Å²) in [6.45, 7) is 2.83. The molecule has 0 bridgehead atoms. The van der Waals surface area contributed by atoms with E-state index in [0.29, 0.717) is 25.9 Å². The molecule has 1 rings (SSSR count). The number of aliphatic hydroxyl groups excluding tert-OH is 1. The first-order valence-electron chi connectivity index (χ1n) is 5.83. The summed E-state index contributed by atoms with van der Waals surface area (Å²) in [5, 5.41) is 11.8. The van der Waals surface area contributed by atoms with Gasteiger partial charge in [0.25, 0.3) is 0 Å². The smallest absolute Gasteiger partial charge is 0.407 e. The van der Waals surface area contributed by atoms with Gasteiger partial charge in [0.2, 0.25) is 5.91 Å². The van der Waals surface area contributed by atoms with E-state index in [2.05, 4.69) is 10.1 Å². The molecule has 2 unspecified atom stereocenters. The Labute approximate surface area is 101 Å². The molecule has 6 nitrogen and oxygen atoms in total. The van der Waals surface area contributed by atoms with Crippen molar-refractivity contribution in [3.05, 3.63) is 0 Å². The fourth-order valence-electron chi connectivity index (χ4n) is 1.82. The summed E-state index contributed by atoms with van der Waals surface area (Å²) in [6, 6.07) is -0.0297. The van der Waals surface area contributed by atoms with E-state index in [9.17, 15) is 9.59 Å². The van der Waals surface area contributed by atoms with Crippen LogP contribution in [0.2, 0.25) is 0 Å². The molecule has 1 aliphatic heterocycles. The fraction of sp³-hybridized carbons (Fsp3) is 0.818. The zero-order chi connectivity index (χ0) is 12.8. The molecule has 6 heteroatoms. The van der Waals surface area contributed by atoms with Crippen LogP contribution in [0.4, 0.5) is 4.79 Å². The highest BCUT2D eigenvalue weighted by atomic mass is 16.5. The maximum atomic E-state index is 11.7. The second-order valence-electron chi connectivity index (χ2n) is 4.35. The van der Waals surface area contributed by atoms with Crippen LogP contribution in [0.25, 0.3) is 0 Å². The van der Waals surface area contributed by atoms with Crippen LogP contribution in [-0.4, -0.2) is 54.4 Å². The minimum atomic E-state index is -0.465. The summed E-state index contributed by atoms with van der Waals surface area (Å²) in [4.78, 5) is 24.4. The summed E-state index contributed by atoms with van der Waals surface area (Å²) >= 11 is 0. The third kappa shape index (κ3) is 4.60. The molecule has 0 spiro atoms. The molecule has 0 aromatic heterocycles. The van der Waals surface area contributed by atoms with Crippen molar-refractivity contribution in [1.29, 1.82) is 0 Å². The van der Waals surface area contributed by atoms with Gasteiger partial charge in [-0.25, -0.2) is 4.79 Å².